The number of hydrogen-bond donors (Lipinski definition) is 0. The van der Waals surface area contributed by atoms with Crippen molar-refractivity contribution in [1.82, 2.24) is 0 Å². The van der Waals surface area contributed by atoms with Crippen LogP contribution in [-0.2, 0) is 11.0 Å². The summed E-state index contributed by atoms with van der Waals surface area (Å²) in [6.45, 7) is 7.86. The fraction of sp³-hybridized carbons (Fsp3) is 0.226. The zero-order chi connectivity index (χ0) is 28.3. The smallest absolute Gasteiger partial charge is 0.449 e. The molecule has 5 nitrogen and oxygen atoms in total. The maximum absolute atomic E-state index is 14.0. The average Bonchev–Trinajstić information content (AvgIpc) is 2.88. The molecule has 8 heteroatoms. The van der Waals surface area contributed by atoms with Gasteiger partial charge in [-0.15, -0.1) is 0 Å². The highest BCUT2D eigenvalue weighted by Gasteiger charge is 2.40. The molecule has 0 aliphatic rings. The third kappa shape index (κ3) is 6.39. The number of halogens is 3. The molecule has 1 heterocycles. The van der Waals surface area contributed by atoms with Crippen molar-refractivity contribution in [2.24, 2.45) is 0 Å². The Morgan fingerprint density at radius 2 is 1.62 bits per heavy atom. The maximum atomic E-state index is 14.0. The molecular formula is C31H27F3O5. The summed E-state index contributed by atoms with van der Waals surface area (Å²) < 4.78 is 57.8. The number of rotatable bonds is 7. The lowest BCUT2D eigenvalue weighted by atomic mass is 10.0. The zero-order valence-electron chi connectivity index (χ0n) is 21.8. The molecule has 0 aliphatic heterocycles. The fourth-order valence-corrected chi connectivity index (χ4v) is 3.97. The quantitative estimate of drug-likeness (QED) is 0.135. The van der Waals surface area contributed by atoms with Crippen LogP contribution in [0.2, 0.25) is 0 Å². The Hall–Kier alpha value is -4.33. The van der Waals surface area contributed by atoms with E-state index in [2.05, 4.69) is 13.8 Å². The second-order valence-electron chi connectivity index (χ2n) is 9.62. The van der Waals surface area contributed by atoms with E-state index in [0.29, 0.717) is 11.5 Å². The molecule has 202 valence electrons. The Morgan fingerprint density at radius 3 is 2.26 bits per heavy atom. The third-order valence-electron chi connectivity index (χ3n) is 6.07. The first kappa shape index (κ1) is 27.7. The van der Waals surface area contributed by atoms with Crippen LogP contribution in [0.3, 0.4) is 0 Å². The van der Waals surface area contributed by atoms with Crippen LogP contribution in [0.4, 0.5) is 13.2 Å². The summed E-state index contributed by atoms with van der Waals surface area (Å²) in [7, 11) is 0. The number of ether oxygens (including phenoxy) is 2. The van der Waals surface area contributed by atoms with Gasteiger partial charge in [0.25, 0.3) is 5.76 Å². The van der Waals surface area contributed by atoms with Gasteiger partial charge in [0.1, 0.15) is 17.1 Å². The van der Waals surface area contributed by atoms with E-state index in [0.717, 1.165) is 17.2 Å². The Kier molecular flexibility index (Phi) is 7.95. The zero-order valence-corrected chi connectivity index (χ0v) is 21.8. The molecule has 0 unspecified atom stereocenters. The van der Waals surface area contributed by atoms with E-state index in [4.69, 9.17) is 13.9 Å². The number of benzene rings is 3. The van der Waals surface area contributed by atoms with Gasteiger partial charge in [-0.25, -0.2) is 4.79 Å². The van der Waals surface area contributed by atoms with Gasteiger partial charge in [0.05, 0.1) is 5.39 Å². The molecule has 0 aliphatic carbocycles. The first-order valence-corrected chi connectivity index (χ1v) is 12.4. The van der Waals surface area contributed by atoms with Crippen LogP contribution in [0.25, 0.3) is 17.0 Å². The average molecular weight is 537 g/mol. The summed E-state index contributed by atoms with van der Waals surface area (Å²) >= 11 is 0. The van der Waals surface area contributed by atoms with E-state index in [1.807, 2.05) is 38.1 Å². The van der Waals surface area contributed by atoms with E-state index in [-0.39, 0.29) is 22.8 Å². The van der Waals surface area contributed by atoms with Crippen LogP contribution in [0, 0.1) is 0 Å². The van der Waals surface area contributed by atoms with E-state index in [1.165, 1.54) is 24.3 Å². The second kappa shape index (κ2) is 11.2. The molecule has 1 aromatic heterocycles. The standard InChI is InChI=1S/C31H27F3O5/c1-18(2)21-12-9-20(10-13-21)11-16-27(35)37-22-14-15-24-26(17-22)39-30(31(32,33)34)29(28(24)36)38-25-8-6-5-7-23(25)19(3)4/h5-19H,1-4H3/b16-11+. The van der Waals surface area contributed by atoms with Crippen molar-refractivity contribution in [2.75, 3.05) is 0 Å². The van der Waals surface area contributed by atoms with Gasteiger partial charge in [-0.3, -0.25) is 4.79 Å². The summed E-state index contributed by atoms with van der Waals surface area (Å²) in [6, 6.07) is 17.8. The lowest BCUT2D eigenvalue weighted by molar-refractivity contribution is -0.154. The summed E-state index contributed by atoms with van der Waals surface area (Å²) in [4.78, 5) is 25.5. The van der Waals surface area contributed by atoms with Crippen LogP contribution < -0.4 is 14.9 Å². The van der Waals surface area contributed by atoms with Crippen molar-refractivity contribution in [3.8, 4) is 17.2 Å². The topological polar surface area (TPSA) is 65.7 Å². The molecule has 0 N–H and O–H groups in total. The van der Waals surface area contributed by atoms with Gasteiger partial charge in [0.15, 0.2) is 0 Å². The van der Waals surface area contributed by atoms with Gasteiger partial charge in [-0.2, -0.15) is 13.2 Å². The van der Waals surface area contributed by atoms with Crippen molar-refractivity contribution < 1.29 is 31.9 Å². The van der Waals surface area contributed by atoms with Crippen LogP contribution in [-0.4, -0.2) is 5.97 Å². The number of hydrogen-bond acceptors (Lipinski definition) is 5. The van der Waals surface area contributed by atoms with E-state index in [9.17, 15) is 22.8 Å². The molecule has 0 amide bonds. The van der Waals surface area contributed by atoms with Crippen LogP contribution in [0.15, 0.2) is 82.0 Å². The molecule has 4 aromatic rings. The molecule has 0 spiro atoms. The molecule has 0 radical (unpaired) electrons. The van der Waals surface area contributed by atoms with Gasteiger partial charge < -0.3 is 13.9 Å². The lowest BCUT2D eigenvalue weighted by Gasteiger charge is -2.16. The first-order valence-electron chi connectivity index (χ1n) is 12.4. The number of para-hydroxylation sites is 1. The SMILES string of the molecule is CC(C)c1ccc(/C=C/C(=O)Oc2ccc3c(=O)c(Oc4ccccc4C(C)C)c(C(F)(F)F)oc3c2)cc1. The third-order valence-corrected chi connectivity index (χ3v) is 6.07. The maximum Gasteiger partial charge on any atom is 0.453 e. The van der Waals surface area contributed by atoms with Gasteiger partial charge in [0, 0.05) is 12.1 Å². The molecule has 0 atom stereocenters. The minimum atomic E-state index is -5.02. The fourth-order valence-electron chi connectivity index (χ4n) is 3.97. The monoisotopic (exact) mass is 536 g/mol. The Labute approximate surface area is 223 Å². The van der Waals surface area contributed by atoms with Crippen LogP contribution in [0.5, 0.6) is 17.2 Å². The second-order valence-corrected chi connectivity index (χ2v) is 9.62. The molecule has 0 bridgehead atoms. The van der Waals surface area contributed by atoms with Crippen molar-refractivity contribution >= 4 is 23.0 Å². The van der Waals surface area contributed by atoms with Gasteiger partial charge in [0.2, 0.25) is 11.2 Å². The normalized spacial score (nSPS) is 12.0. The van der Waals surface area contributed by atoms with Crippen LogP contribution in [0.1, 0.15) is 62.0 Å². The van der Waals surface area contributed by atoms with E-state index >= 15 is 0 Å². The highest BCUT2D eigenvalue weighted by atomic mass is 19.4. The Morgan fingerprint density at radius 1 is 0.923 bits per heavy atom. The summed E-state index contributed by atoms with van der Waals surface area (Å²) in [6.07, 6.45) is -2.25. The molecule has 0 saturated carbocycles. The molecular weight excluding hydrogens is 509 g/mol. The number of carbonyl (C=O) groups excluding carboxylic acids is 1. The minimum absolute atomic E-state index is 0.0614. The Balaban J connectivity index is 1.64. The van der Waals surface area contributed by atoms with Crippen LogP contribution >= 0.6 is 0 Å². The van der Waals surface area contributed by atoms with Gasteiger partial charge in [-0.05, 0) is 52.8 Å². The van der Waals surface area contributed by atoms with Gasteiger partial charge in [-0.1, -0.05) is 70.2 Å². The van der Waals surface area contributed by atoms with Gasteiger partial charge >= 0.3 is 12.1 Å². The summed E-state index contributed by atoms with van der Waals surface area (Å²) in [5, 5.41) is -0.152. The molecule has 0 fully saturated rings. The number of fused-ring (bicyclic) bond motifs is 1. The van der Waals surface area contributed by atoms with Crippen molar-refractivity contribution in [1.29, 1.82) is 0 Å². The molecule has 3 aromatic carbocycles. The van der Waals surface area contributed by atoms with Crippen molar-refractivity contribution in [2.45, 2.75) is 45.7 Å². The number of alkyl halides is 3. The number of esters is 1. The molecule has 0 saturated heterocycles. The minimum Gasteiger partial charge on any atom is -0.449 e. The van der Waals surface area contributed by atoms with Crippen molar-refractivity contribution in [3.63, 3.8) is 0 Å². The first-order chi connectivity index (χ1) is 18.4. The van der Waals surface area contributed by atoms with E-state index in [1.54, 1.807) is 24.3 Å². The highest BCUT2D eigenvalue weighted by molar-refractivity contribution is 5.89. The Bertz CT molecular complexity index is 1580. The lowest BCUT2D eigenvalue weighted by Crippen LogP contribution is -2.16. The number of carbonyl (C=O) groups is 1. The summed E-state index contributed by atoms with van der Waals surface area (Å²) in [5.74, 6) is -2.92. The molecule has 4 rings (SSSR count). The highest BCUT2D eigenvalue weighted by Crippen LogP contribution is 2.40. The predicted molar refractivity (Wildman–Crippen MR) is 143 cm³/mol. The largest absolute Gasteiger partial charge is 0.453 e. The van der Waals surface area contributed by atoms with E-state index < -0.39 is 34.7 Å². The van der Waals surface area contributed by atoms with Crippen molar-refractivity contribution in [3.05, 3.63) is 105 Å². The predicted octanol–water partition coefficient (Wildman–Crippen LogP) is 8.47. The summed E-state index contributed by atoms with van der Waals surface area (Å²) in [5.41, 5.74) is 1.18. The molecule has 39 heavy (non-hydrogen) atoms.